The first-order chi connectivity index (χ1) is 12.0. The van der Waals surface area contributed by atoms with Crippen LogP contribution in [0.5, 0.6) is 5.75 Å². The van der Waals surface area contributed by atoms with Crippen LogP contribution in [0, 0.1) is 0 Å². The molecule has 0 saturated carbocycles. The van der Waals surface area contributed by atoms with Gasteiger partial charge in [0.25, 0.3) is 5.91 Å². The fourth-order valence-corrected chi connectivity index (χ4v) is 2.80. The van der Waals surface area contributed by atoms with E-state index < -0.39 is 6.61 Å². The molecule has 1 heterocycles. The van der Waals surface area contributed by atoms with E-state index in [9.17, 15) is 13.6 Å². The fraction of sp³-hybridized carbons (Fsp3) is 0.111. The van der Waals surface area contributed by atoms with Gasteiger partial charge in [0.2, 0.25) is 0 Å². The van der Waals surface area contributed by atoms with Crippen LogP contribution in [0.3, 0.4) is 0 Å². The molecule has 0 unspecified atom stereocenters. The summed E-state index contributed by atoms with van der Waals surface area (Å²) in [5, 5.41) is 5.55. The fourth-order valence-electron chi connectivity index (χ4n) is 2.42. The Morgan fingerprint density at radius 3 is 2.60 bits per heavy atom. The summed E-state index contributed by atoms with van der Waals surface area (Å²) in [6.45, 7) is -1.26. The first-order valence-electron chi connectivity index (χ1n) is 7.37. The van der Waals surface area contributed by atoms with E-state index in [1.54, 1.807) is 43.3 Å². The van der Waals surface area contributed by atoms with Gasteiger partial charge in [0.15, 0.2) is 0 Å². The van der Waals surface area contributed by atoms with Crippen LogP contribution in [0.2, 0.25) is 0 Å². The number of amides is 1. The van der Waals surface area contributed by atoms with Crippen molar-refractivity contribution in [3.63, 3.8) is 0 Å². The van der Waals surface area contributed by atoms with Crippen LogP contribution in [0.1, 0.15) is 12.5 Å². The Kier molecular flexibility index (Phi) is 4.94. The van der Waals surface area contributed by atoms with Crippen molar-refractivity contribution >= 4 is 39.3 Å². The van der Waals surface area contributed by atoms with Crippen LogP contribution < -0.4 is 9.75 Å². The van der Waals surface area contributed by atoms with Crippen molar-refractivity contribution in [2.45, 2.75) is 13.5 Å². The molecular weight excluding hydrogens is 394 g/mol. The highest BCUT2D eigenvalue weighted by molar-refractivity contribution is 9.10. The van der Waals surface area contributed by atoms with Crippen molar-refractivity contribution in [1.29, 1.82) is 0 Å². The highest BCUT2D eigenvalue weighted by atomic mass is 79.9. The van der Waals surface area contributed by atoms with Crippen molar-refractivity contribution in [2.24, 2.45) is 5.10 Å². The summed E-state index contributed by atoms with van der Waals surface area (Å²) in [4.78, 5) is 12.7. The molecule has 0 bridgehead atoms. The monoisotopic (exact) mass is 406 g/mol. The summed E-state index contributed by atoms with van der Waals surface area (Å²) in [5.41, 5.74) is 1.81. The Bertz CT molecular complexity index is 867. The molecule has 4 nitrogen and oxygen atoms in total. The van der Waals surface area contributed by atoms with Crippen LogP contribution in [-0.2, 0) is 4.79 Å². The van der Waals surface area contributed by atoms with Gasteiger partial charge in [-0.05, 0) is 43.3 Å². The number of halogens is 3. The van der Waals surface area contributed by atoms with Crippen molar-refractivity contribution in [3.8, 4) is 5.75 Å². The summed E-state index contributed by atoms with van der Waals surface area (Å²) in [6.07, 6.45) is 1.51. The van der Waals surface area contributed by atoms with E-state index in [2.05, 4.69) is 25.8 Å². The molecule has 0 fully saturated rings. The van der Waals surface area contributed by atoms with Gasteiger partial charge < -0.3 is 4.74 Å². The van der Waals surface area contributed by atoms with E-state index in [0.29, 0.717) is 27.0 Å². The van der Waals surface area contributed by atoms with Crippen molar-refractivity contribution in [2.75, 3.05) is 5.01 Å². The quantitative estimate of drug-likeness (QED) is 0.680. The van der Waals surface area contributed by atoms with Gasteiger partial charge in [-0.15, -0.1) is 0 Å². The molecule has 0 radical (unpaired) electrons. The molecule has 0 aromatic heterocycles. The van der Waals surface area contributed by atoms with Crippen molar-refractivity contribution in [1.82, 2.24) is 0 Å². The highest BCUT2D eigenvalue weighted by Crippen LogP contribution is 2.30. The highest BCUT2D eigenvalue weighted by Gasteiger charge is 2.29. The Balaban J connectivity index is 1.99. The third-order valence-electron chi connectivity index (χ3n) is 3.55. The molecule has 1 aliphatic rings. The van der Waals surface area contributed by atoms with Gasteiger partial charge in [-0.2, -0.15) is 18.9 Å². The van der Waals surface area contributed by atoms with E-state index in [0.717, 1.165) is 0 Å². The average Bonchev–Trinajstić information content (AvgIpc) is 2.86. The Labute approximate surface area is 151 Å². The van der Waals surface area contributed by atoms with Crippen LogP contribution in [-0.4, -0.2) is 18.2 Å². The normalized spacial score (nSPS) is 15.9. The average molecular weight is 407 g/mol. The zero-order chi connectivity index (χ0) is 18.0. The van der Waals surface area contributed by atoms with Gasteiger partial charge in [0, 0.05) is 10.0 Å². The third-order valence-corrected chi connectivity index (χ3v) is 4.04. The number of anilines is 1. The molecule has 7 heteroatoms. The Morgan fingerprint density at radius 1 is 1.20 bits per heavy atom. The standard InChI is InChI=1S/C18H13BrF2N2O2/c1-11-15(17(24)23(22-11)14-5-3-2-4-6-14)10-12-9-13(19)7-8-16(12)25-18(20)21/h2-10,18H,1H3. The molecule has 128 valence electrons. The van der Waals surface area contributed by atoms with Gasteiger partial charge in [0.1, 0.15) is 5.75 Å². The van der Waals surface area contributed by atoms with Crippen molar-refractivity contribution in [3.05, 3.63) is 64.1 Å². The minimum atomic E-state index is -2.95. The number of hydrogen-bond acceptors (Lipinski definition) is 3. The summed E-state index contributed by atoms with van der Waals surface area (Å²) in [6, 6.07) is 13.6. The number of alkyl halides is 2. The van der Waals surface area contributed by atoms with Gasteiger partial charge in [-0.25, -0.2) is 0 Å². The zero-order valence-electron chi connectivity index (χ0n) is 13.1. The number of benzene rings is 2. The molecule has 2 aromatic rings. The SMILES string of the molecule is CC1=NN(c2ccccc2)C(=O)C1=Cc1cc(Br)ccc1OC(F)F. The lowest BCUT2D eigenvalue weighted by Gasteiger charge is -2.12. The number of carbonyl (C=O) groups excluding carboxylic acids is 1. The molecule has 0 saturated heterocycles. The van der Waals surface area contributed by atoms with Crippen LogP contribution >= 0.6 is 15.9 Å². The Morgan fingerprint density at radius 2 is 1.92 bits per heavy atom. The van der Waals surface area contributed by atoms with Gasteiger partial charge in [-0.3, -0.25) is 4.79 Å². The van der Waals surface area contributed by atoms with Crippen LogP contribution in [0.4, 0.5) is 14.5 Å². The Hall–Kier alpha value is -2.54. The lowest BCUT2D eigenvalue weighted by atomic mass is 10.1. The summed E-state index contributed by atoms with van der Waals surface area (Å²) >= 11 is 3.29. The van der Waals surface area contributed by atoms with Crippen LogP contribution in [0.15, 0.2) is 63.7 Å². The minimum Gasteiger partial charge on any atom is -0.434 e. The summed E-state index contributed by atoms with van der Waals surface area (Å²) in [7, 11) is 0. The molecule has 2 aromatic carbocycles. The van der Waals surface area contributed by atoms with Gasteiger partial charge in [-0.1, -0.05) is 34.1 Å². The molecule has 3 rings (SSSR count). The molecule has 1 amide bonds. The number of hydrogen-bond donors (Lipinski definition) is 0. The topological polar surface area (TPSA) is 41.9 Å². The second kappa shape index (κ2) is 7.14. The van der Waals surface area contributed by atoms with Crippen LogP contribution in [0.25, 0.3) is 6.08 Å². The smallest absolute Gasteiger partial charge is 0.387 e. The maximum Gasteiger partial charge on any atom is 0.387 e. The third kappa shape index (κ3) is 3.76. The maximum atomic E-state index is 12.7. The lowest BCUT2D eigenvalue weighted by Crippen LogP contribution is -2.21. The second-order valence-electron chi connectivity index (χ2n) is 5.26. The number of ether oxygens (including phenoxy) is 1. The summed E-state index contributed by atoms with van der Waals surface area (Å²) in [5.74, 6) is -0.337. The molecule has 25 heavy (non-hydrogen) atoms. The molecule has 0 atom stereocenters. The molecule has 0 N–H and O–H groups in total. The number of nitrogens with zero attached hydrogens (tertiary/aromatic N) is 2. The van der Waals surface area contributed by atoms with Gasteiger partial charge in [0.05, 0.1) is 17.0 Å². The molecule has 0 spiro atoms. The number of hydrazone groups is 1. The van der Waals surface area contributed by atoms with E-state index in [-0.39, 0.29) is 11.7 Å². The van der Waals surface area contributed by atoms with E-state index in [1.807, 2.05) is 6.07 Å². The summed E-state index contributed by atoms with van der Waals surface area (Å²) < 4.78 is 30.4. The molecule has 1 aliphatic heterocycles. The zero-order valence-corrected chi connectivity index (χ0v) is 14.7. The first-order valence-corrected chi connectivity index (χ1v) is 8.16. The molecule has 0 aliphatic carbocycles. The number of para-hydroxylation sites is 1. The number of carbonyl (C=O) groups is 1. The van der Waals surface area contributed by atoms with Gasteiger partial charge >= 0.3 is 6.61 Å². The predicted molar refractivity (Wildman–Crippen MR) is 95.8 cm³/mol. The van der Waals surface area contributed by atoms with E-state index in [1.165, 1.54) is 17.2 Å². The maximum absolute atomic E-state index is 12.7. The predicted octanol–water partition coefficient (Wildman–Crippen LogP) is 4.86. The first kappa shape index (κ1) is 17.3. The lowest BCUT2D eigenvalue weighted by molar-refractivity contribution is -0.114. The van der Waals surface area contributed by atoms with E-state index >= 15 is 0 Å². The minimum absolute atomic E-state index is 0.00976. The second-order valence-corrected chi connectivity index (χ2v) is 6.17. The number of rotatable bonds is 4. The largest absolute Gasteiger partial charge is 0.434 e. The van der Waals surface area contributed by atoms with E-state index in [4.69, 9.17) is 0 Å². The van der Waals surface area contributed by atoms with Crippen molar-refractivity contribution < 1.29 is 18.3 Å². The molecular formula is C18H13BrF2N2O2.